The number of hydrogen-bond donors (Lipinski definition) is 1. The smallest absolute Gasteiger partial charge is 0.381 e. The molecule has 0 saturated carbocycles. The monoisotopic (exact) mass is 283 g/mol. The van der Waals surface area contributed by atoms with Gasteiger partial charge in [-0.3, -0.25) is 0 Å². The molecule has 0 saturated heterocycles. The number of alkyl halides is 3. The molecule has 2 aromatic carbocycles. The first-order chi connectivity index (χ1) is 9.34. The van der Waals surface area contributed by atoms with Crippen molar-refractivity contribution in [3.63, 3.8) is 0 Å². The summed E-state index contributed by atoms with van der Waals surface area (Å²) in [6, 6.07) is 9.94. The molecular weight excluding hydrogens is 270 g/mol. The highest BCUT2D eigenvalue weighted by molar-refractivity contribution is 5.45. The highest BCUT2D eigenvalue weighted by Gasteiger charge is 2.31. The third-order valence-electron chi connectivity index (χ3n) is 2.83. The van der Waals surface area contributed by atoms with Gasteiger partial charge in [0.25, 0.3) is 0 Å². The van der Waals surface area contributed by atoms with E-state index in [4.69, 9.17) is 0 Å². The summed E-state index contributed by atoms with van der Waals surface area (Å²) in [5.41, 5.74) is 1.13. The number of nitrogens with one attached hydrogen (secondary N) is 1. The summed E-state index contributed by atoms with van der Waals surface area (Å²) in [5, 5.41) is 2.96. The van der Waals surface area contributed by atoms with Gasteiger partial charge in [-0.05, 0) is 42.8 Å². The van der Waals surface area contributed by atoms with Crippen LogP contribution in [0.15, 0.2) is 42.5 Å². The van der Waals surface area contributed by atoms with Crippen molar-refractivity contribution in [1.29, 1.82) is 0 Å². The number of benzene rings is 2. The summed E-state index contributed by atoms with van der Waals surface area (Å²) in [5.74, 6) is -0.888. The second-order valence-electron chi connectivity index (χ2n) is 4.57. The van der Waals surface area contributed by atoms with Crippen LogP contribution in [-0.2, 0) is 12.7 Å². The molecular formula is C15H13F4N. The molecule has 0 aliphatic rings. The van der Waals surface area contributed by atoms with Gasteiger partial charge in [-0.1, -0.05) is 17.7 Å². The summed E-state index contributed by atoms with van der Waals surface area (Å²) in [4.78, 5) is 0. The fraction of sp³-hybridized carbons (Fsp3) is 0.200. The molecule has 5 heteroatoms. The summed E-state index contributed by atoms with van der Waals surface area (Å²) in [6.07, 6.45) is -4.54. The van der Waals surface area contributed by atoms with Crippen molar-refractivity contribution < 1.29 is 17.6 Å². The van der Waals surface area contributed by atoms with Gasteiger partial charge in [0.1, 0.15) is 5.82 Å². The minimum Gasteiger partial charge on any atom is -0.381 e. The quantitative estimate of drug-likeness (QED) is 0.800. The van der Waals surface area contributed by atoms with Crippen LogP contribution in [0.5, 0.6) is 0 Å². The van der Waals surface area contributed by atoms with Gasteiger partial charge in [0.15, 0.2) is 0 Å². The number of rotatable bonds is 3. The Bertz CT molecular complexity index is 588. The molecule has 0 aliphatic heterocycles. The van der Waals surface area contributed by atoms with Crippen LogP contribution in [-0.4, -0.2) is 0 Å². The van der Waals surface area contributed by atoms with Crippen LogP contribution in [0, 0.1) is 12.7 Å². The van der Waals surface area contributed by atoms with E-state index in [-0.39, 0.29) is 12.1 Å². The molecule has 0 bridgehead atoms. The van der Waals surface area contributed by atoms with Crippen molar-refractivity contribution in [2.45, 2.75) is 19.6 Å². The maximum Gasteiger partial charge on any atom is 0.416 e. The van der Waals surface area contributed by atoms with Crippen molar-refractivity contribution in [2.24, 2.45) is 0 Å². The largest absolute Gasteiger partial charge is 0.416 e. The molecule has 0 spiro atoms. The molecule has 0 radical (unpaired) electrons. The van der Waals surface area contributed by atoms with E-state index in [9.17, 15) is 17.6 Å². The lowest BCUT2D eigenvalue weighted by Crippen LogP contribution is -2.08. The van der Waals surface area contributed by atoms with E-state index >= 15 is 0 Å². The van der Waals surface area contributed by atoms with E-state index in [1.54, 1.807) is 0 Å². The molecule has 2 aromatic rings. The van der Waals surface area contributed by atoms with Gasteiger partial charge in [0.05, 0.1) is 5.56 Å². The van der Waals surface area contributed by atoms with Gasteiger partial charge in [0.2, 0.25) is 0 Å². The topological polar surface area (TPSA) is 12.0 Å². The van der Waals surface area contributed by atoms with Crippen LogP contribution in [0.25, 0.3) is 0 Å². The molecule has 20 heavy (non-hydrogen) atoms. The van der Waals surface area contributed by atoms with Crippen LogP contribution in [0.3, 0.4) is 0 Å². The average molecular weight is 283 g/mol. The van der Waals surface area contributed by atoms with E-state index in [0.717, 1.165) is 23.4 Å². The van der Waals surface area contributed by atoms with Crippen molar-refractivity contribution in [1.82, 2.24) is 0 Å². The highest BCUT2D eigenvalue weighted by Crippen LogP contribution is 2.30. The van der Waals surface area contributed by atoms with Crippen molar-refractivity contribution in [3.05, 3.63) is 65.0 Å². The number of anilines is 1. The van der Waals surface area contributed by atoms with Gasteiger partial charge in [0, 0.05) is 12.2 Å². The first kappa shape index (κ1) is 14.4. The van der Waals surface area contributed by atoms with E-state index < -0.39 is 17.6 Å². The molecule has 0 fully saturated rings. The number of halogens is 4. The van der Waals surface area contributed by atoms with Gasteiger partial charge >= 0.3 is 6.18 Å². The van der Waals surface area contributed by atoms with Crippen molar-refractivity contribution in [3.8, 4) is 0 Å². The zero-order valence-corrected chi connectivity index (χ0v) is 10.8. The van der Waals surface area contributed by atoms with E-state index in [0.29, 0.717) is 6.07 Å². The fourth-order valence-corrected chi connectivity index (χ4v) is 1.79. The fourth-order valence-electron chi connectivity index (χ4n) is 1.79. The van der Waals surface area contributed by atoms with E-state index in [2.05, 4.69) is 5.32 Å². The zero-order valence-electron chi connectivity index (χ0n) is 10.8. The minimum absolute atomic E-state index is 0.129. The lowest BCUT2D eigenvalue weighted by Gasteiger charge is -2.11. The van der Waals surface area contributed by atoms with Crippen molar-refractivity contribution >= 4 is 5.69 Å². The molecule has 0 atom stereocenters. The Morgan fingerprint density at radius 1 is 1.00 bits per heavy atom. The molecule has 2 rings (SSSR count). The SMILES string of the molecule is Cc1ccc(NCc2cc(F)cc(C(F)(F)F)c2)cc1. The second-order valence-corrected chi connectivity index (χ2v) is 4.57. The predicted octanol–water partition coefficient (Wildman–Crippen LogP) is 4.77. The lowest BCUT2D eigenvalue weighted by atomic mass is 10.1. The van der Waals surface area contributed by atoms with Crippen molar-refractivity contribution in [2.75, 3.05) is 5.32 Å². The standard InChI is InChI=1S/C15H13F4N/c1-10-2-4-14(5-3-10)20-9-11-6-12(15(17,18)19)8-13(16)7-11/h2-8,20H,9H2,1H3. The molecule has 1 nitrogen and oxygen atoms in total. The first-order valence-corrected chi connectivity index (χ1v) is 6.02. The molecule has 0 amide bonds. The number of hydrogen-bond acceptors (Lipinski definition) is 1. The molecule has 0 unspecified atom stereocenters. The molecule has 0 aromatic heterocycles. The van der Waals surface area contributed by atoms with Gasteiger partial charge in [-0.25, -0.2) is 4.39 Å². The van der Waals surface area contributed by atoms with Crippen LogP contribution >= 0.6 is 0 Å². The Labute approximate surface area is 114 Å². The number of aryl methyl sites for hydroxylation is 1. The summed E-state index contributed by atoms with van der Waals surface area (Å²) >= 11 is 0. The summed E-state index contributed by atoms with van der Waals surface area (Å²) in [6.45, 7) is 2.07. The van der Waals surface area contributed by atoms with Crippen LogP contribution in [0.2, 0.25) is 0 Å². The Hall–Kier alpha value is -2.04. The highest BCUT2D eigenvalue weighted by atomic mass is 19.4. The molecule has 0 aliphatic carbocycles. The maximum absolute atomic E-state index is 13.2. The Morgan fingerprint density at radius 2 is 1.65 bits per heavy atom. The second kappa shape index (κ2) is 5.53. The molecule has 106 valence electrons. The van der Waals surface area contributed by atoms with E-state index in [1.165, 1.54) is 0 Å². The Morgan fingerprint density at radius 3 is 2.25 bits per heavy atom. The summed E-state index contributed by atoms with van der Waals surface area (Å²) in [7, 11) is 0. The zero-order chi connectivity index (χ0) is 14.8. The van der Waals surface area contributed by atoms with Gasteiger partial charge in [-0.2, -0.15) is 13.2 Å². The average Bonchev–Trinajstić information content (AvgIpc) is 2.36. The third kappa shape index (κ3) is 3.73. The molecule has 0 heterocycles. The lowest BCUT2D eigenvalue weighted by molar-refractivity contribution is -0.137. The first-order valence-electron chi connectivity index (χ1n) is 6.02. The van der Waals surface area contributed by atoms with Gasteiger partial charge < -0.3 is 5.32 Å². The Kier molecular flexibility index (Phi) is 3.97. The predicted molar refractivity (Wildman–Crippen MR) is 69.9 cm³/mol. The van der Waals surface area contributed by atoms with Crippen LogP contribution < -0.4 is 5.32 Å². The van der Waals surface area contributed by atoms with Crippen LogP contribution in [0.1, 0.15) is 16.7 Å². The Balaban J connectivity index is 2.13. The third-order valence-corrected chi connectivity index (χ3v) is 2.83. The van der Waals surface area contributed by atoms with Gasteiger partial charge in [-0.15, -0.1) is 0 Å². The van der Waals surface area contributed by atoms with E-state index in [1.807, 2.05) is 31.2 Å². The maximum atomic E-state index is 13.2. The van der Waals surface area contributed by atoms with Crippen LogP contribution in [0.4, 0.5) is 23.2 Å². The molecule has 1 N–H and O–H groups in total. The summed E-state index contributed by atoms with van der Waals surface area (Å²) < 4.78 is 50.9. The normalized spacial score (nSPS) is 11.4. The minimum atomic E-state index is -4.54.